The van der Waals surface area contributed by atoms with Gasteiger partial charge in [-0.15, -0.1) is 19.7 Å². The molecule has 2 aliphatic rings. The second-order valence-electron chi connectivity index (χ2n) is 9.79. The molecule has 0 bridgehead atoms. The Balaban J connectivity index is 2.13. The molecular formula is C28H48O3. The van der Waals surface area contributed by atoms with Crippen LogP contribution < -0.4 is 0 Å². The molecule has 0 aromatic carbocycles. The molecule has 2 rings (SSSR count). The molecule has 2 aliphatic carbocycles. The van der Waals surface area contributed by atoms with Gasteiger partial charge in [0.15, 0.2) is 0 Å². The zero-order chi connectivity index (χ0) is 22.2. The van der Waals surface area contributed by atoms with Gasteiger partial charge in [0.05, 0.1) is 26.4 Å². The van der Waals surface area contributed by atoms with Crippen LogP contribution in [-0.4, -0.2) is 39.6 Å². The van der Waals surface area contributed by atoms with Crippen LogP contribution in [0.2, 0.25) is 0 Å². The summed E-state index contributed by atoms with van der Waals surface area (Å²) in [5.74, 6) is 3.40. The largest absolute Gasteiger partial charge is 0.377 e. The van der Waals surface area contributed by atoms with E-state index in [1.807, 2.05) is 18.2 Å². The lowest BCUT2D eigenvalue weighted by Crippen LogP contribution is -2.34. The molecule has 2 fully saturated rings. The molecule has 0 saturated heterocycles. The van der Waals surface area contributed by atoms with Crippen LogP contribution in [0.5, 0.6) is 0 Å². The van der Waals surface area contributed by atoms with Crippen molar-refractivity contribution in [2.75, 3.05) is 39.6 Å². The van der Waals surface area contributed by atoms with E-state index < -0.39 is 0 Å². The number of hydrogen-bond acceptors (Lipinski definition) is 3. The molecule has 0 aromatic rings. The molecule has 4 unspecified atom stereocenters. The van der Waals surface area contributed by atoms with Crippen molar-refractivity contribution in [2.45, 2.75) is 70.6 Å². The standard InChI is InChI=1S/C28H48O3/c1-4-16-29-21-24-14-15-28(26-12-10-8-7-9-11-13-26)27(23-31-18-6-3)20-25(19-24)22-30-17-5-2/h4-6,24-28H,1-3,7-23H2. The highest BCUT2D eigenvalue weighted by molar-refractivity contribution is 4.85. The minimum Gasteiger partial charge on any atom is -0.377 e. The van der Waals surface area contributed by atoms with Gasteiger partial charge in [0.25, 0.3) is 0 Å². The smallest absolute Gasteiger partial charge is 0.0644 e. The summed E-state index contributed by atoms with van der Waals surface area (Å²) in [5, 5.41) is 0. The molecule has 0 radical (unpaired) electrons. The second-order valence-corrected chi connectivity index (χ2v) is 9.79. The van der Waals surface area contributed by atoms with Crippen molar-refractivity contribution < 1.29 is 14.2 Å². The fourth-order valence-corrected chi connectivity index (χ4v) is 5.91. The Morgan fingerprint density at radius 3 is 1.74 bits per heavy atom. The van der Waals surface area contributed by atoms with Crippen molar-refractivity contribution >= 4 is 0 Å². The molecule has 0 N–H and O–H groups in total. The zero-order valence-corrected chi connectivity index (χ0v) is 20.0. The minimum absolute atomic E-state index is 0.561. The molecule has 0 heterocycles. The average Bonchev–Trinajstić information content (AvgIpc) is 2.73. The Morgan fingerprint density at radius 2 is 1.13 bits per heavy atom. The Labute approximate surface area is 192 Å². The van der Waals surface area contributed by atoms with Gasteiger partial charge in [-0.2, -0.15) is 0 Å². The molecule has 4 atom stereocenters. The molecule has 3 heteroatoms. The lowest BCUT2D eigenvalue weighted by molar-refractivity contribution is 0.00770. The highest BCUT2D eigenvalue weighted by atomic mass is 16.5. The van der Waals surface area contributed by atoms with Crippen LogP contribution in [0.15, 0.2) is 38.0 Å². The molecule has 0 spiro atoms. The Bertz CT molecular complexity index is 481. The van der Waals surface area contributed by atoms with Gasteiger partial charge in [-0.3, -0.25) is 0 Å². The van der Waals surface area contributed by atoms with E-state index in [2.05, 4.69) is 19.7 Å². The summed E-state index contributed by atoms with van der Waals surface area (Å²) in [6.45, 7) is 15.9. The van der Waals surface area contributed by atoms with Crippen molar-refractivity contribution in [3.8, 4) is 0 Å². The number of hydrogen-bond donors (Lipinski definition) is 0. The third-order valence-corrected chi connectivity index (χ3v) is 7.32. The zero-order valence-electron chi connectivity index (χ0n) is 20.0. The van der Waals surface area contributed by atoms with Gasteiger partial charge in [-0.05, 0) is 55.3 Å². The van der Waals surface area contributed by atoms with Gasteiger partial charge in [0.2, 0.25) is 0 Å². The Hall–Kier alpha value is -0.900. The van der Waals surface area contributed by atoms with Crippen LogP contribution in [0.4, 0.5) is 0 Å². The second kappa shape index (κ2) is 16.7. The lowest BCUT2D eigenvalue weighted by atomic mass is 9.67. The van der Waals surface area contributed by atoms with Gasteiger partial charge in [-0.25, -0.2) is 0 Å². The van der Waals surface area contributed by atoms with Crippen LogP contribution in [-0.2, 0) is 14.2 Å². The Kier molecular flexibility index (Phi) is 14.2. The molecule has 3 nitrogen and oxygen atoms in total. The fourth-order valence-electron chi connectivity index (χ4n) is 5.91. The van der Waals surface area contributed by atoms with E-state index in [0.29, 0.717) is 37.6 Å². The van der Waals surface area contributed by atoms with E-state index in [-0.39, 0.29) is 0 Å². The van der Waals surface area contributed by atoms with E-state index in [0.717, 1.165) is 31.7 Å². The maximum atomic E-state index is 6.07. The third kappa shape index (κ3) is 10.5. The number of ether oxygens (including phenoxy) is 3. The molecule has 178 valence electrons. The average molecular weight is 433 g/mol. The van der Waals surface area contributed by atoms with Crippen LogP contribution in [0, 0.1) is 29.6 Å². The predicted octanol–water partition coefficient (Wildman–Crippen LogP) is 6.99. The quantitative estimate of drug-likeness (QED) is 0.232. The van der Waals surface area contributed by atoms with Crippen molar-refractivity contribution in [2.24, 2.45) is 29.6 Å². The summed E-state index contributed by atoms with van der Waals surface area (Å²) < 4.78 is 17.9. The van der Waals surface area contributed by atoms with Gasteiger partial charge < -0.3 is 14.2 Å². The summed E-state index contributed by atoms with van der Waals surface area (Å²) in [6, 6.07) is 0. The molecule has 0 aromatic heterocycles. The van der Waals surface area contributed by atoms with Crippen LogP contribution in [0.1, 0.15) is 70.6 Å². The third-order valence-electron chi connectivity index (χ3n) is 7.32. The van der Waals surface area contributed by atoms with E-state index in [1.54, 1.807) is 0 Å². The number of rotatable bonds is 13. The molecular weight excluding hydrogens is 384 g/mol. The van der Waals surface area contributed by atoms with E-state index in [4.69, 9.17) is 14.2 Å². The summed E-state index contributed by atoms with van der Waals surface area (Å²) in [4.78, 5) is 0. The first-order valence-corrected chi connectivity index (χ1v) is 12.8. The maximum Gasteiger partial charge on any atom is 0.0644 e. The molecule has 31 heavy (non-hydrogen) atoms. The van der Waals surface area contributed by atoms with Crippen molar-refractivity contribution in [1.82, 2.24) is 0 Å². The first-order chi connectivity index (χ1) is 15.3. The predicted molar refractivity (Wildman–Crippen MR) is 131 cm³/mol. The lowest BCUT2D eigenvalue weighted by Gasteiger charge is -2.40. The summed E-state index contributed by atoms with van der Waals surface area (Å²) >= 11 is 0. The van der Waals surface area contributed by atoms with Crippen LogP contribution in [0.25, 0.3) is 0 Å². The molecule has 2 saturated carbocycles. The van der Waals surface area contributed by atoms with Gasteiger partial charge >= 0.3 is 0 Å². The van der Waals surface area contributed by atoms with Gasteiger partial charge in [-0.1, -0.05) is 63.2 Å². The van der Waals surface area contributed by atoms with Gasteiger partial charge in [0, 0.05) is 13.2 Å². The fraction of sp³-hybridized carbons (Fsp3) is 0.786. The monoisotopic (exact) mass is 432 g/mol. The SMILES string of the molecule is C=CCOCC1CCC(C2CCCCCCC2)C(COCC=C)CC(COCC=C)C1. The minimum atomic E-state index is 0.561. The van der Waals surface area contributed by atoms with Crippen LogP contribution >= 0.6 is 0 Å². The first-order valence-electron chi connectivity index (χ1n) is 12.8. The maximum absolute atomic E-state index is 6.07. The van der Waals surface area contributed by atoms with Crippen molar-refractivity contribution in [1.29, 1.82) is 0 Å². The summed E-state index contributed by atoms with van der Waals surface area (Å²) in [6.07, 6.45) is 20.4. The summed E-state index contributed by atoms with van der Waals surface area (Å²) in [5.41, 5.74) is 0. The van der Waals surface area contributed by atoms with Crippen LogP contribution in [0.3, 0.4) is 0 Å². The summed E-state index contributed by atoms with van der Waals surface area (Å²) in [7, 11) is 0. The topological polar surface area (TPSA) is 27.7 Å². The van der Waals surface area contributed by atoms with E-state index >= 15 is 0 Å². The van der Waals surface area contributed by atoms with E-state index in [9.17, 15) is 0 Å². The van der Waals surface area contributed by atoms with Gasteiger partial charge in [0.1, 0.15) is 0 Å². The first kappa shape index (κ1) is 26.4. The van der Waals surface area contributed by atoms with Crippen molar-refractivity contribution in [3.63, 3.8) is 0 Å². The van der Waals surface area contributed by atoms with E-state index in [1.165, 1.54) is 70.6 Å². The van der Waals surface area contributed by atoms with Crippen molar-refractivity contribution in [3.05, 3.63) is 38.0 Å². The molecule has 0 aliphatic heterocycles. The Morgan fingerprint density at radius 1 is 0.581 bits per heavy atom. The molecule has 0 amide bonds. The highest BCUT2D eigenvalue weighted by Crippen LogP contribution is 2.42. The normalized spacial score (nSPS) is 28.6. The highest BCUT2D eigenvalue weighted by Gasteiger charge is 2.34.